The van der Waals surface area contributed by atoms with E-state index >= 15 is 0 Å². The van der Waals surface area contributed by atoms with Gasteiger partial charge in [0.15, 0.2) is 0 Å². The molecule has 1 amide bonds. The summed E-state index contributed by atoms with van der Waals surface area (Å²) in [5.41, 5.74) is 3.26. The van der Waals surface area contributed by atoms with Crippen LogP contribution >= 0.6 is 0 Å². The lowest BCUT2D eigenvalue weighted by atomic mass is 10.1. The van der Waals surface area contributed by atoms with Crippen molar-refractivity contribution in [3.63, 3.8) is 0 Å². The van der Waals surface area contributed by atoms with Crippen molar-refractivity contribution in [2.24, 2.45) is 0 Å². The molecule has 0 saturated heterocycles. The standard InChI is InChI=1S/C19H20N4O2/c1-25-16-6-2-5-15(12-16)17-13-18(23-22-17)19(24)21-9-3-4-14-7-10-20-11-8-14/h2,5-8,10-13H,3-4,9H2,1H3,(H,21,24)(H,22,23). The third-order valence-electron chi connectivity index (χ3n) is 3.87. The lowest BCUT2D eigenvalue weighted by Gasteiger charge is -2.03. The first-order valence-corrected chi connectivity index (χ1v) is 8.13. The van der Waals surface area contributed by atoms with Gasteiger partial charge in [-0.2, -0.15) is 5.10 Å². The van der Waals surface area contributed by atoms with Gasteiger partial charge in [-0.25, -0.2) is 0 Å². The van der Waals surface area contributed by atoms with Crippen LogP contribution in [-0.2, 0) is 6.42 Å². The lowest BCUT2D eigenvalue weighted by molar-refractivity contribution is 0.0948. The first kappa shape index (κ1) is 16.7. The van der Waals surface area contributed by atoms with Gasteiger partial charge >= 0.3 is 0 Å². The van der Waals surface area contributed by atoms with E-state index < -0.39 is 0 Å². The predicted octanol–water partition coefficient (Wildman–Crippen LogP) is 2.84. The molecule has 2 heterocycles. The molecule has 2 N–H and O–H groups in total. The summed E-state index contributed by atoms with van der Waals surface area (Å²) in [5.74, 6) is 0.596. The number of ether oxygens (including phenoxy) is 1. The number of hydrogen-bond donors (Lipinski definition) is 2. The van der Waals surface area contributed by atoms with Crippen LogP contribution in [-0.4, -0.2) is 34.7 Å². The second-order valence-corrected chi connectivity index (χ2v) is 5.61. The van der Waals surface area contributed by atoms with Crippen molar-refractivity contribution in [1.82, 2.24) is 20.5 Å². The quantitative estimate of drug-likeness (QED) is 0.650. The molecule has 0 saturated carbocycles. The van der Waals surface area contributed by atoms with E-state index in [1.807, 2.05) is 36.4 Å². The third kappa shape index (κ3) is 4.44. The number of H-pyrrole nitrogens is 1. The van der Waals surface area contributed by atoms with Crippen LogP contribution in [0.15, 0.2) is 54.9 Å². The molecule has 3 rings (SSSR count). The molecule has 0 spiro atoms. The van der Waals surface area contributed by atoms with Gasteiger partial charge in [0.2, 0.25) is 0 Å². The molecule has 6 heteroatoms. The van der Waals surface area contributed by atoms with Crippen molar-refractivity contribution < 1.29 is 9.53 Å². The highest BCUT2D eigenvalue weighted by molar-refractivity contribution is 5.93. The van der Waals surface area contributed by atoms with E-state index in [0.717, 1.165) is 24.2 Å². The normalized spacial score (nSPS) is 10.4. The highest BCUT2D eigenvalue weighted by Gasteiger charge is 2.11. The van der Waals surface area contributed by atoms with Crippen LogP contribution in [0.25, 0.3) is 11.3 Å². The van der Waals surface area contributed by atoms with Crippen LogP contribution in [0.1, 0.15) is 22.5 Å². The van der Waals surface area contributed by atoms with E-state index in [1.54, 1.807) is 25.6 Å². The van der Waals surface area contributed by atoms with Crippen molar-refractivity contribution >= 4 is 5.91 Å². The molecular weight excluding hydrogens is 316 g/mol. The highest BCUT2D eigenvalue weighted by Crippen LogP contribution is 2.22. The van der Waals surface area contributed by atoms with Gasteiger partial charge in [0, 0.05) is 24.5 Å². The van der Waals surface area contributed by atoms with Crippen molar-refractivity contribution in [3.8, 4) is 17.0 Å². The van der Waals surface area contributed by atoms with Crippen LogP contribution < -0.4 is 10.1 Å². The van der Waals surface area contributed by atoms with E-state index in [4.69, 9.17) is 4.74 Å². The number of nitrogens with zero attached hydrogens (tertiary/aromatic N) is 2. The van der Waals surface area contributed by atoms with Gasteiger partial charge in [0.1, 0.15) is 11.4 Å². The molecule has 0 fully saturated rings. The topological polar surface area (TPSA) is 79.9 Å². The number of rotatable bonds is 7. The SMILES string of the molecule is COc1cccc(-c2cc(C(=O)NCCCc3ccncc3)[nH]n2)c1. The smallest absolute Gasteiger partial charge is 0.269 e. The van der Waals surface area contributed by atoms with Crippen molar-refractivity contribution in [3.05, 3.63) is 66.1 Å². The van der Waals surface area contributed by atoms with E-state index in [0.29, 0.717) is 17.9 Å². The van der Waals surface area contributed by atoms with E-state index in [-0.39, 0.29) is 5.91 Å². The van der Waals surface area contributed by atoms with E-state index in [9.17, 15) is 4.79 Å². The summed E-state index contributed by atoms with van der Waals surface area (Å²) in [6, 6.07) is 13.3. The van der Waals surface area contributed by atoms with Gasteiger partial charge in [-0.15, -0.1) is 0 Å². The summed E-state index contributed by atoms with van der Waals surface area (Å²) in [7, 11) is 1.62. The summed E-state index contributed by atoms with van der Waals surface area (Å²) in [4.78, 5) is 16.2. The Bertz CT molecular complexity index is 830. The maximum Gasteiger partial charge on any atom is 0.269 e. The first-order chi connectivity index (χ1) is 12.3. The Kier molecular flexibility index (Phi) is 5.41. The Hall–Kier alpha value is -3.15. The fourth-order valence-corrected chi connectivity index (χ4v) is 2.51. The van der Waals surface area contributed by atoms with Crippen LogP contribution in [0.5, 0.6) is 5.75 Å². The van der Waals surface area contributed by atoms with Gasteiger partial charge in [-0.3, -0.25) is 14.9 Å². The minimum atomic E-state index is -0.156. The number of pyridine rings is 1. The van der Waals surface area contributed by atoms with Crippen molar-refractivity contribution in [2.45, 2.75) is 12.8 Å². The van der Waals surface area contributed by atoms with E-state index in [2.05, 4.69) is 20.5 Å². The summed E-state index contributed by atoms with van der Waals surface area (Å²) in [5, 5.41) is 9.91. The van der Waals surface area contributed by atoms with Gasteiger partial charge in [-0.05, 0) is 48.7 Å². The number of amides is 1. The second-order valence-electron chi connectivity index (χ2n) is 5.61. The summed E-state index contributed by atoms with van der Waals surface area (Å²) >= 11 is 0. The number of carbonyl (C=O) groups excluding carboxylic acids is 1. The first-order valence-electron chi connectivity index (χ1n) is 8.13. The fourth-order valence-electron chi connectivity index (χ4n) is 2.51. The molecule has 25 heavy (non-hydrogen) atoms. The van der Waals surface area contributed by atoms with Gasteiger partial charge in [0.05, 0.1) is 12.8 Å². The average molecular weight is 336 g/mol. The zero-order valence-electron chi connectivity index (χ0n) is 14.0. The largest absolute Gasteiger partial charge is 0.497 e. The number of hydrogen-bond acceptors (Lipinski definition) is 4. The Morgan fingerprint density at radius 3 is 2.84 bits per heavy atom. The molecule has 1 aromatic carbocycles. The molecule has 0 bridgehead atoms. The number of nitrogens with one attached hydrogen (secondary N) is 2. The average Bonchev–Trinajstić information content (AvgIpc) is 3.16. The van der Waals surface area contributed by atoms with Crippen LogP contribution in [0.3, 0.4) is 0 Å². The molecule has 3 aromatic rings. The number of aromatic nitrogens is 3. The summed E-state index contributed by atoms with van der Waals surface area (Å²) < 4.78 is 5.21. The summed E-state index contributed by atoms with van der Waals surface area (Å²) in [6.45, 7) is 0.606. The zero-order chi connectivity index (χ0) is 17.5. The van der Waals surface area contributed by atoms with Crippen molar-refractivity contribution in [1.29, 1.82) is 0 Å². The van der Waals surface area contributed by atoms with Gasteiger partial charge in [-0.1, -0.05) is 12.1 Å². The Morgan fingerprint density at radius 2 is 2.04 bits per heavy atom. The minimum absolute atomic E-state index is 0.156. The highest BCUT2D eigenvalue weighted by atomic mass is 16.5. The molecule has 0 aliphatic carbocycles. The van der Waals surface area contributed by atoms with Crippen LogP contribution in [0.2, 0.25) is 0 Å². The number of aryl methyl sites for hydroxylation is 1. The lowest BCUT2D eigenvalue weighted by Crippen LogP contribution is -2.25. The number of methoxy groups -OCH3 is 1. The number of aromatic amines is 1. The maximum atomic E-state index is 12.2. The maximum absolute atomic E-state index is 12.2. The zero-order valence-corrected chi connectivity index (χ0v) is 14.0. The molecule has 2 aromatic heterocycles. The Labute approximate surface area is 146 Å². The van der Waals surface area contributed by atoms with Crippen LogP contribution in [0, 0.1) is 0 Å². The van der Waals surface area contributed by atoms with Crippen molar-refractivity contribution in [2.75, 3.05) is 13.7 Å². The molecule has 128 valence electrons. The molecule has 0 aliphatic rings. The van der Waals surface area contributed by atoms with E-state index in [1.165, 1.54) is 5.56 Å². The number of carbonyl (C=O) groups is 1. The minimum Gasteiger partial charge on any atom is -0.497 e. The van der Waals surface area contributed by atoms with Gasteiger partial charge < -0.3 is 10.1 Å². The second kappa shape index (κ2) is 8.10. The molecule has 0 unspecified atom stereocenters. The Morgan fingerprint density at radius 1 is 1.20 bits per heavy atom. The molecule has 0 aliphatic heterocycles. The Balaban J connectivity index is 1.53. The predicted molar refractivity (Wildman–Crippen MR) is 95.5 cm³/mol. The third-order valence-corrected chi connectivity index (χ3v) is 3.87. The monoisotopic (exact) mass is 336 g/mol. The molecule has 0 atom stereocenters. The summed E-state index contributed by atoms with van der Waals surface area (Å²) in [6.07, 6.45) is 5.32. The molecular formula is C19H20N4O2. The fraction of sp³-hybridized carbons (Fsp3) is 0.211. The number of benzene rings is 1. The van der Waals surface area contributed by atoms with Crippen LogP contribution in [0.4, 0.5) is 0 Å². The van der Waals surface area contributed by atoms with Gasteiger partial charge in [0.25, 0.3) is 5.91 Å². The molecule has 6 nitrogen and oxygen atoms in total. The molecule has 0 radical (unpaired) electrons.